The minimum absolute atomic E-state index is 0.277. The van der Waals surface area contributed by atoms with E-state index in [1.807, 2.05) is 6.42 Å². The Kier molecular flexibility index (Phi) is 2.01. The molecule has 0 aromatic rings. The third-order valence-electron chi connectivity index (χ3n) is 1.62. The van der Waals surface area contributed by atoms with Crippen LogP contribution < -0.4 is 0 Å². The van der Waals surface area contributed by atoms with E-state index in [-0.39, 0.29) is 5.25 Å². The van der Waals surface area contributed by atoms with Crippen LogP contribution in [0.1, 0.15) is 13.8 Å². The van der Waals surface area contributed by atoms with Gasteiger partial charge in [0.2, 0.25) is 10.0 Å². The lowest BCUT2D eigenvalue weighted by Crippen LogP contribution is -2.45. The molecule has 3 nitrogen and oxygen atoms in total. The lowest BCUT2D eigenvalue weighted by molar-refractivity contribution is 0.381. The average Bonchev–Trinajstić information content (AvgIpc) is 1.57. The summed E-state index contributed by atoms with van der Waals surface area (Å²) in [5.74, 6) is 0. The van der Waals surface area contributed by atoms with Gasteiger partial charge in [0.05, 0.1) is 5.25 Å². The molecule has 59 valence electrons. The van der Waals surface area contributed by atoms with Crippen LogP contribution in [-0.2, 0) is 10.0 Å². The highest BCUT2D eigenvalue weighted by Gasteiger charge is 2.29. The Hall–Kier alpha value is -0.0900. The summed E-state index contributed by atoms with van der Waals surface area (Å²) < 4.78 is 23.9. The van der Waals surface area contributed by atoms with Crippen LogP contribution >= 0.6 is 0 Å². The van der Waals surface area contributed by atoms with Crippen molar-refractivity contribution < 1.29 is 8.42 Å². The second-order valence-electron chi connectivity index (χ2n) is 2.70. The van der Waals surface area contributed by atoms with E-state index >= 15 is 0 Å². The quantitative estimate of drug-likeness (QED) is 0.583. The highest BCUT2D eigenvalue weighted by atomic mass is 32.2. The summed E-state index contributed by atoms with van der Waals surface area (Å²) in [5, 5.41) is -0.277. The Morgan fingerprint density at radius 1 is 1.40 bits per heavy atom. The van der Waals surface area contributed by atoms with Crippen LogP contribution in [-0.4, -0.2) is 31.1 Å². The van der Waals surface area contributed by atoms with Crippen LogP contribution in [0.2, 0.25) is 0 Å². The van der Waals surface area contributed by atoms with Crippen LogP contribution in [0.4, 0.5) is 0 Å². The fourth-order valence-corrected chi connectivity index (χ4v) is 1.96. The molecule has 1 saturated heterocycles. The standard InChI is InChI=1S/C6H12NO2S/c1-6(2)10(8,9)7-4-3-5-7/h3,6H,4-5H2,1-2H3. The molecule has 0 amide bonds. The fraction of sp³-hybridized carbons (Fsp3) is 0.833. The Morgan fingerprint density at radius 3 is 2.00 bits per heavy atom. The number of nitrogens with zero attached hydrogens (tertiary/aromatic N) is 1. The van der Waals surface area contributed by atoms with Gasteiger partial charge in [0.1, 0.15) is 0 Å². The summed E-state index contributed by atoms with van der Waals surface area (Å²) in [6.07, 6.45) is 1.94. The molecule has 1 radical (unpaired) electrons. The molecule has 1 aliphatic rings. The predicted molar refractivity (Wildman–Crippen MR) is 39.9 cm³/mol. The fourth-order valence-electron chi connectivity index (χ4n) is 0.740. The first-order chi connectivity index (χ1) is 4.55. The number of sulfonamides is 1. The van der Waals surface area contributed by atoms with Crippen LogP contribution in [0.15, 0.2) is 0 Å². The number of rotatable bonds is 2. The van der Waals surface area contributed by atoms with E-state index in [0.29, 0.717) is 13.1 Å². The second kappa shape index (κ2) is 2.51. The molecule has 0 unspecified atom stereocenters. The summed E-state index contributed by atoms with van der Waals surface area (Å²) >= 11 is 0. The molecular formula is C6H12NO2S. The summed E-state index contributed by atoms with van der Waals surface area (Å²) in [4.78, 5) is 0. The van der Waals surface area contributed by atoms with Crippen molar-refractivity contribution in [3.8, 4) is 0 Å². The highest BCUT2D eigenvalue weighted by molar-refractivity contribution is 7.89. The minimum Gasteiger partial charge on any atom is -0.212 e. The maximum Gasteiger partial charge on any atom is 0.216 e. The molecule has 1 fully saturated rings. The molecule has 0 atom stereocenters. The smallest absolute Gasteiger partial charge is 0.212 e. The largest absolute Gasteiger partial charge is 0.216 e. The van der Waals surface area contributed by atoms with E-state index in [1.165, 1.54) is 4.31 Å². The second-order valence-corrected chi connectivity index (χ2v) is 5.19. The van der Waals surface area contributed by atoms with Gasteiger partial charge in [-0.05, 0) is 20.3 Å². The van der Waals surface area contributed by atoms with Crippen LogP contribution in [0.25, 0.3) is 0 Å². The van der Waals surface area contributed by atoms with Gasteiger partial charge in [-0.3, -0.25) is 0 Å². The summed E-state index contributed by atoms with van der Waals surface area (Å²) in [5.41, 5.74) is 0. The SMILES string of the molecule is CC(C)S(=O)(=O)N1C[CH]C1. The first-order valence-corrected chi connectivity index (χ1v) is 4.86. The zero-order chi connectivity index (χ0) is 7.78. The number of hydrogen-bond acceptors (Lipinski definition) is 2. The van der Waals surface area contributed by atoms with Crippen molar-refractivity contribution in [1.82, 2.24) is 4.31 Å². The topological polar surface area (TPSA) is 37.4 Å². The molecule has 0 saturated carbocycles. The van der Waals surface area contributed by atoms with Gasteiger partial charge >= 0.3 is 0 Å². The van der Waals surface area contributed by atoms with Crippen molar-refractivity contribution in [1.29, 1.82) is 0 Å². The molecule has 0 aliphatic carbocycles. The summed E-state index contributed by atoms with van der Waals surface area (Å²) in [7, 11) is -2.94. The first-order valence-electron chi connectivity index (χ1n) is 3.36. The zero-order valence-corrected chi connectivity index (χ0v) is 7.06. The summed E-state index contributed by atoms with van der Waals surface area (Å²) in [6, 6.07) is 0. The Bertz CT molecular complexity index is 204. The lowest BCUT2D eigenvalue weighted by Gasteiger charge is -2.30. The van der Waals surface area contributed by atoms with Gasteiger partial charge in [-0.15, -0.1) is 0 Å². The molecule has 4 heteroatoms. The summed E-state index contributed by atoms with van der Waals surface area (Å²) in [6.45, 7) is 4.60. The first kappa shape index (κ1) is 8.01. The van der Waals surface area contributed by atoms with Crippen molar-refractivity contribution >= 4 is 10.0 Å². The predicted octanol–water partition coefficient (Wildman–Crippen LogP) is 0.244. The number of hydrogen-bond donors (Lipinski definition) is 0. The van der Waals surface area contributed by atoms with E-state index in [9.17, 15) is 8.42 Å². The van der Waals surface area contributed by atoms with Gasteiger partial charge in [0.25, 0.3) is 0 Å². The van der Waals surface area contributed by atoms with Crippen molar-refractivity contribution in [2.75, 3.05) is 13.1 Å². The maximum atomic E-state index is 11.2. The van der Waals surface area contributed by atoms with E-state index < -0.39 is 10.0 Å². The van der Waals surface area contributed by atoms with E-state index in [1.54, 1.807) is 13.8 Å². The molecule has 0 aromatic carbocycles. The molecule has 10 heavy (non-hydrogen) atoms. The van der Waals surface area contributed by atoms with Gasteiger partial charge in [-0.25, -0.2) is 12.7 Å². The van der Waals surface area contributed by atoms with Crippen LogP contribution in [0, 0.1) is 6.42 Å². The normalized spacial score (nSPS) is 21.1. The third kappa shape index (κ3) is 1.18. The van der Waals surface area contributed by atoms with E-state index in [4.69, 9.17) is 0 Å². The Labute approximate surface area is 62.1 Å². The van der Waals surface area contributed by atoms with Crippen molar-refractivity contribution in [2.45, 2.75) is 19.1 Å². The van der Waals surface area contributed by atoms with E-state index in [2.05, 4.69) is 0 Å². The van der Waals surface area contributed by atoms with Crippen LogP contribution in [0.5, 0.6) is 0 Å². The molecule has 1 rings (SSSR count). The minimum atomic E-state index is -2.94. The van der Waals surface area contributed by atoms with Crippen LogP contribution in [0.3, 0.4) is 0 Å². The molecule has 1 heterocycles. The molecule has 0 bridgehead atoms. The van der Waals surface area contributed by atoms with Crippen molar-refractivity contribution in [2.24, 2.45) is 0 Å². The van der Waals surface area contributed by atoms with Crippen molar-refractivity contribution in [3.63, 3.8) is 0 Å². The van der Waals surface area contributed by atoms with Gasteiger partial charge < -0.3 is 0 Å². The van der Waals surface area contributed by atoms with Gasteiger partial charge in [-0.1, -0.05) is 0 Å². The molecule has 0 spiro atoms. The molecular weight excluding hydrogens is 150 g/mol. The lowest BCUT2D eigenvalue weighted by atomic mass is 10.3. The zero-order valence-electron chi connectivity index (χ0n) is 6.24. The van der Waals surface area contributed by atoms with E-state index in [0.717, 1.165) is 0 Å². The molecule has 0 N–H and O–H groups in total. The Morgan fingerprint density at radius 2 is 1.90 bits per heavy atom. The molecule has 0 aromatic heterocycles. The van der Waals surface area contributed by atoms with Gasteiger partial charge in [0.15, 0.2) is 0 Å². The molecule has 1 aliphatic heterocycles. The van der Waals surface area contributed by atoms with Gasteiger partial charge in [-0.2, -0.15) is 0 Å². The van der Waals surface area contributed by atoms with Crippen molar-refractivity contribution in [3.05, 3.63) is 6.42 Å². The third-order valence-corrected chi connectivity index (χ3v) is 3.83. The monoisotopic (exact) mass is 162 g/mol. The Balaban J connectivity index is 2.68. The average molecular weight is 162 g/mol. The maximum absolute atomic E-state index is 11.2. The van der Waals surface area contributed by atoms with Gasteiger partial charge in [0, 0.05) is 13.1 Å². The highest BCUT2D eigenvalue weighted by Crippen LogP contribution is 2.15.